The van der Waals surface area contributed by atoms with Crippen LogP contribution in [0.1, 0.15) is 132 Å². The molecule has 4 fully saturated rings. The minimum atomic E-state index is -5.46. The van der Waals surface area contributed by atoms with Crippen molar-refractivity contribution in [2.45, 2.75) is 196 Å². The summed E-state index contributed by atoms with van der Waals surface area (Å²) in [5, 5.41) is 8.28. The van der Waals surface area contributed by atoms with Crippen LogP contribution < -0.4 is 16.0 Å². The summed E-state index contributed by atoms with van der Waals surface area (Å²) in [5.41, 5.74) is -4.69. The average Bonchev–Trinajstić information content (AvgIpc) is 1.74. The Morgan fingerprint density at radius 3 is 1.83 bits per heavy atom. The lowest BCUT2D eigenvalue weighted by atomic mass is 9.74. The molecule has 12 amide bonds. The molecule has 8 rings (SSSR count). The number of aryl methyl sites for hydroxylation is 1. The minimum absolute atomic E-state index is 0.0266. The summed E-state index contributed by atoms with van der Waals surface area (Å²) in [4.78, 5) is 192. The van der Waals surface area contributed by atoms with Crippen molar-refractivity contribution >= 4 is 70.9 Å². The van der Waals surface area contributed by atoms with Crippen molar-refractivity contribution in [3.63, 3.8) is 0 Å². The maximum atomic E-state index is 15.6. The molecule has 33 heteroatoms. The first-order valence-corrected chi connectivity index (χ1v) is 37.5. The Balaban J connectivity index is 1.24. The van der Waals surface area contributed by atoms with Crippen LogP contribution in [-0.2, 0) is 93.9 Å². The van der Waals surface area contributed by atoms with Crippen molar-refractivity contribution in [3.8, 4) is 0 Å². The van der Waals surface area contributed by atoms with Gasteiger partial charge in [0.05, 0.1) is 31.2 Å². The summed E-state index contributed by atoms with van der Waals surface area (Å²) in [6, 6.07) is 1.06. The Morgan fingerprint density at radius 1 is 0.640 bits per heavy atom. The predicted octanol–water partition coefficient (Wildman–Crippen LogP) is 5.94. The van der Waals surface area contributed by atoms with E-state index in [4.69, 9.17) is 4.74 Å². The highest BCUT2D eigenvalue weighted by Crippen LogP contribution is 2.40. The number of hydrogen-bond donors (Lipinski definition) is 3. The molecule has 10 atom stereocenters. The summed E-state index contributed by atoms with van der Waals surface area (Å²) in [6.45, 7) is 2.87. The van der Waals surface area contributed by atoms with Gasteiger partial charge in [-0.05, 0) is 118 Å². The molecule has 3 aromatic carbocycles. The minimum Gasteiger partial charge on any atom is -0.377 e. The van der Waals surface area contributed by atoms with E-state index in [9.17, 15) is 45.5 Å². The average molecular weight is 1570 g/mol. The second-order valence-corrected chi connectivity index (χ2v) is 30.1. The van der Waals surface area contributed by atoms with Crippen molar-refractivity contribution in [1.82, 2.24) is 60.0 Å². The SMILES string of the molecule is CCO[C@@H]1C[C@H]2C(=O)NC3(CCC3)C(=O)N(C)[C@@H](C3CCCC3)C(=O)N(C)[C@H](C(=O)N(C)C)CC(=O)N(C)[C@@H](Cc3ccccc3)C(=O)N[C@@H]([C@@H](C)CC)C(=O)N(C)CC(=O)N(C)[C@H]3C/C=C\CCN(C3=O)[C@@H](Cc3ccc(C(F)(F)F)cc3)C(=O)N(C)CC(=O)N[C@@H](CCc3cc(F)c(C(F)(F)F)c(F)c3)C(=O)N2C1. The monoisotopic (exact) mass is 1570 g/mol. The summed E-state index contributed by atoms with van der Waals surface area (Å²) in [7, 11) is 10.6. The zero-order valence-corrected chi connectivity index (χ0v) is 64.6. The summed E-state index contributed by atoms with van der Waals surface area (Å²) in [6.07, 6.45) is -7.78. The molecule has 2 saturated heterocycles. The van der Waals surface area contributed by atoms with Crippen molar-refractivity contribution in [3.05, 3.63) is 118 Å². The molecule has 3 aliphatic heterocycles. The largest absolute Gasteiger partial charge is 0.422 e. The van der Waals surface area contributed by atoms with E-state index in [-0.39, 0.29) is 63.8 Å². The van der Waals surface area contributed by atoms with E-state index in [1.54, 1.807) is 63.3 Å². The van der Waals surface area contributed by atoms with Crippen LogP contribution in [0.3, 0.4) is 0 Å². The van der Waals surface area contributed by atoms with Crippen LogP contribution >= 0.6 is 0 Å². The smallest absolute Gasteiger partial charge is 0.377 e. The van der Waals surface area contributed by atoms with Gasteiger partial charge >= 0.3 is 12.4 Å². The number of fused-ring (bicyclic) bond motifs is 3. The first-order chi connectivity index (χ1) is 52.2. The Labute approximate surface area is 641 Å². The lowest BCUT2D eigenvalue weighted by Crippen LogP contribution is -2.68. The zero-order valence-electron chi connectivity index (χ0n) is 64.6. The first-order valence-electron chi connectivity index (χ1n) is 37.5. The molecular formula is C78H102F8N12O13. The maximum Gasteiger partial charge on any atom is 0.422 e. The van der Waals surface area contributed by atoms with Crippen LogP contribution in [0.5, 0.6) is 0 Å². The molecule has 0 radical (unpaired) electrons. The van der Waals surface area contributed by atoms with Gasteiger partial charge in [-0.15, -0.1) is 0 Å². The molecule has 25 nitrogen and oxygen atoms in total. The van der Waals surface area contributed by atoms with Gasteiger partial charge in [0, 0.05) is 95.3 Å². The van der Waals surface area contributed by atoms with E-state index >= 15 is 47.1 Å². The number of likely N-dealkylation sites (N-methyl/N-ethyl adjacent to an activating group) is 7. The van der Waals surface area contributed by atoms with Crippen molar-refractivity contribution in [2.24, 2.45) is 11.8 Å². The van der Waals surface area contributed by atoms with E-state index in [1.807, 2.05) is 0 Å². The van der Waals surface area contributed by atoms with E-state index in [0.29, 0.717) is 56.2 Å². The summed E-state index contributed by atoms with van der Waals surface area (Å²) < 4.78 is 120. The number of benzene rings is 3. The lowest BCUT2D eigenvalue weighted by molar-refractivity contribution is -0.157. The number of rotatable bonds is 13. The van der Waals surface area contributed by atoms with E-state index < -0.39 is 222 Å². The Bertz CT molecular complexity index is 3910. The molecule has 111 heavy (non-hydrogen) atoms. The first kappa shape index (κ1) is 87.0. The lowest BCUT2D eigenvalue weighted by Gasteiger charge is -2.46. The number of amides is 12. The van der Waals surface area contributed by atoms with Crippen molar-refractivity contribution in [2.75, 3.05) is 89.2 Å². The number of nitrogens with zero attached hydrogens (tertiary/aromatic N) is 9. The van der Waals surface area contributed by atoms with Crippen LogP contribution in [0.25, 0.3) is 0 Å². The fourth-order valence-electron chi connectivity index (χ4n) is 15.4. The molecular weight excluding hydrogens is 1460 g/mol. The molecule has 0 unspecified atom stereocenters. The Morgan fingerprint density at radius 2 is 1.25 bits per heavy atom. The van der Waals surface area contributed by atoms with Crippen molar-refractivity contribution in [1.29, 1.82) is 0 Å². The number of carbonyl (C=O) groups is 12. The van der Waals surface area contributed by atoms with Crippen LogP contribution in [0.15, 0.2) is 78.9 Å². The van der Waals surface area contributed by atoms with Crippen LogP contribution in [0, 0.1) is 23.5 Å². The van der Waals surface area contributed by atoms with Crippen molar-refractivity contribution < 1.29 is 97.4 Å². The van der Waals surface area contributed by atoms with Gasteiger partial charge in [-0.3, -0.25) is 57.5 Å². The van der Waals surface area contributed by atoms with Gasteiger partial charge in [-0.25, -0.2) is 8.78 Å². The molecule has 0 aromatic heterocycles. The van der Waals surface area contributed by atoms with E-state index in [0.717, 1.165) is 65.6 Å². The molecule has 1 spiro atoms. The molecule has 2 saturated carbocycles. The number of carbonyl (C=O) groups excluding carboxylic acids is 12. The molecule has 3 aromatic rings. The summed E-state index contributed by atoms with van der Waals surface area (Å²) in [5.74, 6) is -15.4. The highest BCUT2D eigenvalue weighted by molar-refractivity contribution is 6.01. The number of nitrogens with one attached hydrogen (secondary N) is 3. The topological polar surface area (TPSA) is 279 Å². The normalized spacial score (nSPS) is 25.6. The highest BCUT2D eigenvalue weighted by Gasteiger charge is 2.54. The Hall–Kier alpha value is -9.56. The second kappa shape index (κ2) is 37.2. The molecule has 3 heterocycles. The van der Waals surface area contributed by atoms with E-state index in [2.05, 4.69) is 16.0 Å². The summed E-state index contributed by atoms with van der Waals surface area (Å²) >= 11 is 0. The van der Waals surface area contributed by atoms with Gasteiger partial charge < -0.3 is 64.8 Å². The van der Waals surface area contributed by atoms with Crippen LogP contribution in [0.2, 0.25) is 0 Å². The van der Waals surface area contributed by atoms with Gasteiger partial charge in [0.1, 0.15) is 71.1 Å². The highest BCUT2D eigenvalue weighted by atomic mass is 19.4. The molecule has 2 bridgehead atoms. The van der Waals surface area contributed by atoms with Gasteiger partial charge in [-0.1, -0.05) is 87.7 Å². The fourth-order valence-corrected chi connectivity index (χ4v) is 15.4. The molecule has 2 aliphatic carbocycles. The third-order valence-corrected chi connectivity index (χ3v) is 22.3. The third-order valence-electron chi connectivity index (χ3n) is 22.3. The maximum absolute atomic E-state index is 15.6. The quantitative estimate of drug-likeness (QED) is 0.132. The second-order valence-electron chi connectivity index (χ2n) is 30.1. The zero-order chi connectivity index (χ0) is 81.9. The molecule has 5 aliphatic rings. The van der Waals surface area contributed by atoms with E-state index in [1.165, 1.54) is 59.1 Å². The Kier molecular flexibility index (Phi) is 29.1. The number of halogens is 8. The number of ether oxygens (including phenoxy) is 1. The van der Waals surface area contributed by atoms with Gasteiger partial charge in [-0.2, -0.15) is 26.3 Å². The predicted molar refractivity (Wildman–Crippen MR) is 389 cm³/mol. The van der Waals surface area contributed by atoms with Crippen LogP contribution in [-0.4, -0.2) is 264 Å². The van der Waals surface area contributed by atoms with Crippen LogP contribution in [0.4, 0.5) is 35.1 Å². The molecule has 3 N–H and O–H groups in total. The van der Waals surface area contributed by atoms with Gasteiger partial charge in [0.25, 0.3) is 0 Å². The number of alkyl halides is 6. The van der Waals surface area contributed by atoms with Gasteiger partial charge in [0.2, 0.25) is 70.9 Å². The molecule has 608 valence electrons. The van der Waals surface area contributed by atoms with Gasteiger partial charge in [0.15, 0.2) is 0 Å². The standard InChI is InChI=1S/C78H102F8N12O13/c1-12-46(3)65-73(108)92(7)45-63(101)93(8)56-27-18-15-21-36-97(72(56)107)60(40-48-28-31-51(32-29-48)77(81,82)83)71(106)91(6)44-61(99)87-55(33-30-49-37-53(79)64(54(80)38-49)78(84,85)86)69(104)98-43-52(111-13-2)41-58(98)68(103)89-76(34-22-35-76)75(110)96(11)66(50-25-19-20-26-50)74(109)95(10)59(70(105)90(4)5)42-62(100)94(9)57(67(102)88-65)39-47-23-16-14-17-24-47/h14-18,23-24,28-29,31-32,37-38,46,50,52,55-60,65-66H,12-13,19-22,25-27,30,33-36,39-45H2,1-11H3,(H,87,99)(H,88,102)(H,89,103)/b18-15-/t46-,52+,55-,56-,57-,58-,59-,60-,65-,66-/m0/s1. The fraction of sp³-hybridized carbons (Fsp3) is 0.590. The number of hydrogen-bond acceptors (Lipinski definition) is 13. The third kappa shape index (κ3) is 20.8.